The van der Waals surface area contributed by atoms with Gasteiger partial charge in [0.25, 0.3) is 0 Å². The largest absolute Gasteiger partial charge is 0.337 e. The van der Waals surface area contributed by atoms with Crippen LogP contribution in [0.15, 0.2) is 6.20 Å². The molecule has 2 nitrogen and oxygen atoms in total. The van der Waals surface area contributed by atoms with E-state index in [-0.39, 0.29) is 5.41 Å². The van der Waals surface area contributed by atoms with Gasteiger partial charge in [-0.1, -0.05) is 40.5 Å². The third-order valence-corrected chi connectivity index (χ3v) is 4.03. The number of nitrogens with zero attached hydrogens (tertiary/aromatic N) is 1. The zero-order chi connectivity index (χ0) is 12.6. The van der Waals surface area contributed by atoms with E-state index in [1.54, 1.807) is 0 Å². The Morgan fingerprint density at radius 3 is 2.59 bits per heavy atom. The summed E-state index contributed by atoms with van der Waals surface area (Å²) in [6, 6.07) is 0.579. The van der Waals surface area contributed by atoms with Gasteiger partial charge in [-0.3, -0.25) is 0 Å². The summed E-state index contributed by atoms with van der Waals surface area (Å²) in [4.78, 5) is 3.23. The lowest BCUT2D eigenvalue weighted by atomic mass is 9.91. The Hall–Kier alpha value is -0.570. The molecule has 0 spiro atoms. The molecule has 2 rings (SSSR count). The van der Waals surface area contributed by atoms with E-state index in [4.69, 9.17) is 12.2 Å². The lowest BCUT2D eigenvalue weighted by molar-refractivity contribution is 0.389. The van der Waals surface area contributed by atoms with Crippen molar-refractivity contribution in [3.05, 3.63) is 16.7 Å². The molecule has 1 saturated carbocycles. The first-order valence-electron chi connectivity index (χ1n) is 6.74. The summed E-state index contributed by atoms with van der Waals surface area (Å²) in [5.41, 5.74) is 1.50. The predicted molar refractivity (Wildman–Crippen MR) is 75.0 cm³/mol. The summed E-state index contributed by atoms with van der Waals surface area (Å²) in [6.07, 6.45) is 7.40. The van der Waals surface area contributed by atoms with Gasteiger partial charge in [-0.25, -0.2) is 0 Å². The number of aromatic nitrogens is 2. The summed E-state index contributed by atoms with van der Waals surface area (Å²) in [5.74, 6) is 0.949. The number of rotatable bonds is 4. The fourth-order valence-corrected chi connectivity index (χ4v) is 2.82. The molecule has 0 amide bonds. The molecule has 1 aliphatic carbocycles. The van der Waals surface area contributed by atoms with Gasteiger partial charge < -0.3 is 9.55 Å². The summed E-state index contributed by atoms with van der Waals surface area (Å²) in [7, 11) is 0. The molecule has 17 heavy (non-hydrogen) atoms. The highest BCUT2D eigenvalue weighted by molar-refractivity contribution is 7.71. The fraction of sp³-hybridized carbons (Fsp3) is 0.786. The van der Waals surface area contributed by atoms with Crippen molar-refractivity contribution in [2.45, 2.75) is 64.8 Å². The van der Waals surface area contributed by atoms with Gasteiger partial charge in [-0.05, 0) is 31.0 Å². The SMILES string of the molecule is CCC(CC1CC1)n1c(C(C)(C)C)c[nH]c1=S. The number of nitrogens with one attached hydrogen (secondary N) is 1. The second kappa shape index (κ2) is 4.60. The van der Waals surface area contributed by atoms with Crippen molar-refractivity contribution in [1.29, 1.82) is 0 Å². The summed E-state index contributed by atoms with van der Waals surface area (Å²) < 4.78 is 3.26. The van der Waals surface area contributed by atoms with Crippen molar-refractivity contribution < 1.29 is 0 Å². The van der Waals surface area contributed by atoms with Gasteiger partial charge in [0.1, 0.15) is 0 Å². The van der Waals surface area contributed by atoms with Crippen molar-refractivity contribution in [2.75, 3.05) is 0 Å². The van der Waals surface area contributed by atoms with Crippen molar-refractivity contribution in [3.63, 3.8) is 0 Å². The minimum atomic E-state index is 0.157. The Morgan fingerprint density at radius 2 is 2.12 bits per heavy atom. The molecule has 0 aromatic carbocycles. The standard InChI is InChI=1S/C14H24N2S/c1-5-11(8-10-6-7-10)16-12(14(2,3)4)9-15-13(16)17/h9-11H,5-8H2,1-4H3,(H,15,17). The molecule has 0 aliphatic heterocycles. The Bertz CT molecular complexity index is 432. The molecule has 1 aliphatic rings. The minimum absolute atomic E-state index is 0.157. The van der Waals surface area contributed by atoms with Crippen molar-refractivity contribution in [3.8, 4) is 0 Å². The van der Waals surface area contributed by atoms with E-state index >= 15 is 0 Å². The number of hydrogen-bond donors (Lipinski definition) is 1. The molecule has 96 valence electrons. The molecule has 0 radical (unpaired) electrons. The predicted octanol–water partition coefficient (Wildman–Crippen LogP) is 4.59. The third-order valence-electron chi connectivity index (χ3n) is 3.72. The zero-order valence-electron chi connectivity index (χ0n) is 11.4. The van der Waals surface area contributed by atoms with Gasteiger partial charge >= 0.3 is 0 Å². The maximum Gasteiger partial charge on any atom is 0.177 e. The molecular formula is C14H24N2S. The van der Waals surface area contributed by atoms with Crippen LogP contribution in [-0.4, -0.2) is 9.55 Å². The van der Waals surface area contributed by atoms with Crippen LogP contribution in [-0.2, 0) is 5.41 Å². The summed E-state index contributed by atoms with van der Waals surface area (Å²) in [6.45, 7) is 9.04. The number of H-pyrrole nitrogens is 1. The van der Waals surface area contributed by atoms with Crippen LogP contribution in [0.25, 0.3) is 0 Å². The first kappa shape index (κ1) is 12.9. The number of aromatic amines is 1. The lowest BCUT2D eigenvalue weighted by Crippen LogP contribution is -2.21. The van der Waals surface area contributed by atoms with E-state index in [1.807, 2.05) is 0 Å². The van der Waals surface area contributed by atoms with Crippen molar-refractivity contribution >= 4 is 12.2 Å². The highest BCUT2D eigenvalue weighted by Crippen LogP contribution is 2.39. The van der Waals surface area contributed by atoms with Gasteiger partial charge in [-0.15, -0.1) is 0 Å². The molecule has 1 N–H and O–H groups in total. The normalized spacial score (nSPS) is 18.4. The Labute approximate surface area is 109 Å². The highest BCUT2D eigenvalue weighted by Gasteiger charge is 2.28. The van der Waals surface area contributed by atoms with Gasteiger partial charge in [0.2, 0.25) is 0 Å². The van der Waals surface area contributed by atoms with Crippen LogP contribution in [0.3, 0.4) is 0 Å². The van der Waals surface area contributed by atoms with Gasteiger partial charge in [0.05, 0.1) is 0 Å². The molecule has 1 aromatic rings. The Morgan fingerprint density at radius 1 is 1.47 bits per heavy atom. The van der Waals surface area contributed by atoms with Crippen molar-refractivity contribution in [1.82, 2.24) is 9.55 Å². The number of imidazole rings is 1. The van der Waals surface area contributed by atoms with Crippen molar-refractivity contribution in [2.24, 2.45) is 5.92 Å². The van der Waals surface area contributed by atoms with E-state index in [0.717, 1.165) is 10.7 Å². The van der Waals surface area contributed by atoms with Crippen LogP contribution >= 0.6 is 12.2 Å². The smallest absolute Gasteiger partial charge is 0.177 e. The first-order valence-corrected chi connectivity index (χ1v) is 7.14. The molecule has 1 unspecified atom stereocenters. The topological polar surface area (TPSA) is 20.7 Å². The van der Waals surface area contributed by atoms with Crippen LogP contribution in [0, 0.1) is 10.7 Å². The van der Waals surface area contributed by atoms with Crippen LogP contribution < -0.4 is 0 Å². The Balaban J connectivity index is 2.34. The second-order valence-corrected chi connectivity index (χ2v) is 6.73. The maximum atomic E-state index is 5.46. The molecule has 1 fully saturated rings. The molecule has 3 heteroatoms. The molecule has 0 bridgehead atoms. The van der Waals surface area contributed by atoms with Crippen LogP contribution in [0.4, 0.5) is 0 Å². The second-order valence-electron chi connectivity index (χ2n) is 6.34. The molecular weight excluding hydrogens is 228 g/mol. The van der Waals surface area contributed by atoms with E-state index < -0.39 is 0 Å². The molecule has 1 atom stereocenters. The van der Waals surface area contributed by atoms with E-state index in [1.165, 1.54) is 31.4 Å². The van der Waals surface area contributed by atoms with Crippen LogP contribution in [0.1, 0.15) is 65.1 Å². The zero-order valence-corrected chi connectivity index (χ0v) is 12.2. The number of hydrogen-bond acceptors (Lipinski definition) is 1. The molecule has 0 saturated heterocycles. The van der Waals surface area contributed by atoms with Gasteiger partial charge in [0.15, 0.2) is 4.77 Å². The fourth-order valence-electron chi connectivity index (χ4n) is 2.51. The first-order chi connectivity index (χ1) is 7.93. The average molecular weight is 252 g/mol. The maximum absolute atomic E-state index is 5.46. The van der Waals surface area contributed by atoms with Gasteiger partial charge in [0, 0.05) is 23.3 Å². The highest BCUT2D eigenvalue weighted by atomic mass is 32.1. The van der Waals surface area contributed by atoms with Crippen LogP contribution in [0.2, 0.25) is 0 Å². The average Bonchev–Trinajstić information content (AvgIpc) is 2.96. The van der Waals surface area contributed by atoms with E-state index in [9.17, 15) is 0 Å². The summed E-state index contributed by atoms with van der Waals surface area (Å²) >= 11 is 5.46. The Kier molecular flexibility index (Phi) is 3.48. The minimum Gasteiger partial charge on any atom is -0.337 e. The van der Waals surface area contributed by atoms with Crippen LogP contribution in [0.5, 0.6) is 0 Å². The third kappa shape index (κ3) is 2.82. The molecule has 1 aromatic heterocycles. The van der Waals surface area contributed by atoms with Gasteiger partial charge in [-0.2, -0.15) is 0 Å². The summed E-state index contributed by atoms with van der Waals surface area (Å²) in [5, 5.41) is 0. The van der Waals surface area contributed by atoms with E-state index in [2.05, 4.69) is 43.4 Å². The quantitative estimate of drug-likeness (QED) is 0.777. The van der Waals surface area contributed by atoms with E-state index in [0.29, 0.717) is 6.04 Å². The molecule has 1 heterocycles. The lowest BCUT2D eigenvalue weighted by Gasteiger charge is -2.26. The monoisotopic (exact) mass is 252 g/mol.